The van der Waals surface area contributed by atoms with E-state index >= 15 is 0 Å². The third kappa shape index (κ3) is 4.44. The highest BCUT2D eigenvalue weighted by Gasteiger charge is 2.14. The van der Waals surface area contributed by atoms with E-state index in [1.54, 1.807) is 10.9 Å². The molecule has 1 atom stereocenters. The Morgan fingerprint density at radius 2 is 2.28 bits per heavy atom. The zero-order chi connectivity index (χ0) is 13.5. The van der Waals surface area contributed by atoms with Gasteiger partial charge in [0.2, 0.25) is 0 Å². The van der Waals surface area contributed by atoms with Crippen LogP contribution in [0.1, 0.15) is 42.2 Å². The molecule has 0 saturated carbocycles. The maximum atomic E-state index is 12.0. The number of halogens is 1. The van der Waals surface area contributed by atoms with Crippen molar-refractivity contribution in [2.24, 2.45) is 13.0 Å². The molecule has 0 aliphatic heterocycles. The Bertz CT molecular complexity index is 384. The fraction of sp³-hybridized carbons (Fsp3) is 0.692. The van der Waals surface area contributed by atoms with E-state index in [1.165, 1.54) is 0 Å². The summed E-state index contributed by atoms with van der Waals surface area (Å²) in [5.74, 6) is 0.534. The van der Waals surface area contributed by atoms with Crippen LogP contribution >= 0.6 is 15.9 Å². The molecule has 0 fully saturated rings. The lowest BCUT2D eigenvalue weighted by Gasteiger charge is -2.15. The van der Waals surface area contributed by atoms with Crippen LogP contribution in [0.5, 0.6) is 0 Å². The van der Waals surface area contributed by atoms with Gasteiger partial charge in [-0.05, 0) is 25.7 Å². The molecule has 0 aliphatic rings. The van der Waals surface area contributed by atoms with Crippen molar-refractivity contribution >= 4 is 21.8 Å². The standard InChI is InChI=1S/C13H22BrN3O/c1-4-5-11(6-7-14)8-15-13(18)12-9-17(3)16-10(12)2/h9,11H,4-8H2,1-3H3,(H,15,18). The zero-order valence-electron chi connectivity index (χ0n) is 11.4. The van der Waals surface area contributed by atoms with Gasteiger partial charge in [0.05, 0.1) is 11.3 Å². The van der Waals surface area contributed by atoms with Crippen LogP contribution in [0, 0.1) is 12.8 Å². The second-order valence-electron chi connectivity index (χ2n) is 4.64. The second kappa shape index (κ2) is 7.56. The first-order valence-electron chi connectivity index (χ1n) is 6.42. The van der Waals surface area contributed by atoms with Crippen LogP contribution in [0.3, 0.4) is 0 Å². The Balaban J connectivity index is 2.51. The highest BCUT2D eigenvalue weighted by atomic mass is 79.9. The lowest BCUT2D eigenvalue weighted by atomic mass is 10.0. The van der Waals surface area contributed by atoms with Gasteiger partial charge < -0.3 is 5.32 Å². The van der Waals surface area contributed by atoms with Crippen LogP contribution in [-0.4, -0.2) is 27.6 Å². The van der Waals surface area contributed by atoms with Crippen LogP contribution in [0.4, 0.5) is 0 Å². The summed E-state index contributed by atoms with van der Waals surface area (Å²) < 4.78 is 1.67. The number of alkyl halides is 1. The average molecular weight is 316 g/mol. The summed E-state index contributed by atoms with van der Waals surface area (Å²) in [4.78, 5) is 12.0. The summed E-state index contributed by atoms with van der Waals surface area (Å²) in [5, 5.41) is 8.18. The molecule has 1 aromatic heterocycles. The summed E-state index contributed by atoms with van der Waals surface area (Å²) in [6.45, 7) is 4.78. The first-order valence-corrected chi connectivity index (χ1v) is 7.55. The largest absolute Gasteiger partial charge is 0.352 e. The molecule has 1 unspecified atom stereocenters. The fourth-order valence-electron chi connectivity index (χ4n) is 2.07. The minimum atomic E-state index is -0.0173. The van der Waals surface area contributed by atoms with Crippen LogP contribution in [0.15, 0.2) is 6.20 Å². The zero-order valence-corrected chi connectivity index (χ0v) is 13.0. The molecular formula is C13H22BrN3O. The quantitative estimate of drug-likeness (QED) is 0.786. The molecule has 0 bridgehead atoms. The number of amides is 1. The van der Waals surface area contributed by atoms with Gasteiger partial charge in [0.15, 0.2) is 0 Å². The molecule has 0 aliphatic carbocycles. The van der Waals surface area contributed by atoms with Crippen molar-refractivity contribution in [2.75, 3.05) is 11.9 Å². The normalized spacial score (nSPS) is 12.4. The van der Waals surface area contributed by atoms with Crippen LogP contribution < -0.4 is 5.32 Å². The maximum Gasteiger partial charge on any atom is 0.254 e. The first kappa shape index (κ1) is 15.2. The lowest BCUT2D eigenvalue weighted by molar-refractivity contribution is 0.0945. The van der Waals surface area contributed by atoms with Gasteiger partial charge in [-0.2, -0.15) is 5.10 Å². The number of rotatable bonds is 7. The highest BCUT2D eigenvalue weighted by Crippen LogP contribution is 2.12. The molecule has 102 valence electrons. The minimum Gasteiger partial charge on any atom is -0.352 e. The monoisotopic (exact) mass is 315 g/mol. The van der Waals surface area contributed by atoms with E-state index in [9.17, 15) is 4.79 Å². The van der Waals surface area contributed by atoms with Gasteiger partial charge in [0.25, 0.3) is 5.91 Å². The van der Waals surface area contributed by atoms with Gasteiger partial charge in [-0.1, -0.05) is 29.3 Å². The van der Waals surface area contributed by atoms with Crippen LogP contribution in [0.25, 0.3) is 0 Å². The topological polar surface area (TPSA) is 46.9 Å². The van der Waals surface area contributed by atoms with Gasteiger partial charge in [0.1, 0.15) is 0 Å². The molecule has 1 N–H and O–H groups in total. The molecule has 4 nitrogen and oxygen atoms in total. The maximum absolute atomic E-state index is 12.0. The highest BCUT2D eigenvalue weighted by molar-refractivity contribution is 9.09. The third-order valence-corrected chi connectivity index (χ3v) is 3.48. The molecule has 0 saturated heterocycles. The van der Waals surface area contributed by atoms with E-state index in [4.69, 9.17) is 0 Å². The molecule has 0 radical (unpaired) electrons. The van der Waals surface area contributed by atoms with E-state index in [-0.39, 0.29) is 5.91 Å². The van der Waals surface area contributed by atoms with Crippen molar-refractivity contribution in [3.05, 3.63) is 17.5 Å². The van der Waals surface area contributed by atoms with Gasteiger partial charge in [0, 0.05) is 25.1 Å². The fourth-order valence-corrected chi connectivity index (χ4v) is 2.71. The Hall–Kier alpha value is -0.840. The van der Waals surface area contributed by atoms with Crippen molar-refractivity contribution < 1.29 is 4.79 Å². The molecule has 1 rings (SSSR count). The third-order valence-electron chi connectivity index (χ3n) is 3.02. The molecule has 0 spiro atoms. The smallest absolute Gasteiger partial charge is 0.254 e. The summed E-state index contributed by atoms with van der Waals surface area (Å²) >= 11 is 3.46. The molecule has 1 aromatic rings. The van der Waals surface area contributed by atoms with Crippen molar-refractivity contribution in [1.82, 2.24) is 15.1 Å². The number of carbonyl (C=O) groups excluding carboxylic acids is 1. The number of aryl methyl sites for hydroxylation is 2. The predicted octanol–water partition coefficient (Wildman–Crippen LogP) is 2.66. The van der Waals surface area contributed by atoms with Crippen LogP contribution in [-0.2, 0) is 7.05 Å². The number of hydrogen-bond acceptors (Lipinski definition) is 2. The Kier molecular flexibility index (Phi) is 6.39. The second-order valence-corrected chi connectivity index (χ2v) is 5.44. The number of aromatic nitrogens is 2. The first-order chi connectivity index (χ1) is 8.58. The summed E-state index contributed by atoms with van der Waals surface area (Å²) in [6, 6.07) is 0. The van der Waals surface area contributed by atoms with Gasteiger partial charge >= 0.3 is 0 Å². The van der Waals surface area contributed by atoms with Gasteiger partial charge in [-0.3, -0.25) is 9.48 Å². The lowest BCUT2D eigenvalue weighted by Crippen LogP contribution is -2.29. The molecule has 0 aromatic carbocycles. The van der Waals surface area contributed by atoms with E-state index in [0.29, 0.717) is 11.5 Å². The molecule has 5 heteroatoms. The summed E-state index contributed by atoms with van der Waals surface area (Å²) in [5.41, 5.74) is 1.45. The number of carbonyl (C=O) groups is 1. The Labute approximate surface area is 117 Å². The van der Waals surface area contributed by atoms with Crippen molar-refractivity contribution in [3.8, 4) is 0 Å². The molecule has 1 heterocycles. The predicted molar refractivity (Wildman–Crippen MR) is 77.1 cm³/mol. The molecular weight excluding hydrogens is 294 g/mol. The number of hydrogen-bond donors (Lipinski definition) is 1. The van der Waals surface area contributed by atoms with E-state index in [0.717, 1.165) is 36.8 Å². The summed E-state index contributed by atoms with van der Waals surface area (Å²) in [7, 11) is 1.83. The van der Waals surface area contributed by atoms with Gasteiger partial charge in [-0.25, -0.2) is 0 Å². The van der Waals surface area contributed by atoms with Gasteiger partial charge in [-0.15, -0.1) is 0 Å². The van der Waals surface area contributed by atoms with E-state index in [2.05, 4.69) is 33.3 Å². The average Bonchev–Trinajstić information content (AvgIpc) is 2.65. The molecule has 18 heavy (non-hydrogen) atoms. The Morgan fingerprint density at radius 1 is 1.56 bits per heavy atom. The van der Waals surface area contributed by atoms with Crippen molar-refractivity contribution in [2.45, 2.75) is 33.1 Å². The van der Waals surface area contributed by atoms with E-state index < -0.39 is 0 Å². The Morgan fingerprint density at radius 3 is 2.78 bits per heavy atom. The number of nitrogens with zero attached hydrogens (tertiary/aromatic N) is 2. The van der Waals surface area contributed by atoms with Crippen LogP contribution in [0.2, 0.25) is 0 Å². The minimum absolute atomic E-state index is 0.0173. The SMILES string of the molecule is CCCC(CCBr)CNC(=O)c1cn(C)nc1C. The van der Waals surface area contributed by atoms with Crippen molar-refractivity contribution in [3.63, 3.8) is 0 Å². The van der Waals surface area contributed by atoms with E-state index in [1.807, 2.05) is 14.0 Å². The molecule has 1 amide bonds. The van der Waals surface area contributed by atoms with Crippen molar-refractivity contribution in [1.29, 1.82) is 0 Å². The number of nitrogens with one attached hydrogen (secondary N) is 1. The summed E-state index contributed by atoms with van der Waals surface area (Å²) in [6.07, 6.45) is 5.17.